The topological polar surface area (TPSA) is 104 Å². The lowest BCUT2D eigenvalue weighted by molar-refractivity contribution is -0.143. The molecule has 0 spiro atoms. The quantitative estimate of drug-likeness (QED) is 0.811. The van der Waals surface area contributed by atoms with Crippen LogP contribution in [0.5, 0.6) is 0 Å². The number of nitrogens with one attached hydrogen (secondary N) is 1. The van der Waals surface area contributed by atoms with Crippen LogP contribution in [0.2, 0.25) is 0 Å². The Labute approximate surface area is 123 Å². The normalized spacial score (nSPS) is 12.4. The van der Waals surface area contributed by atoms with Crippen LogP contribution in [0.1, 0.15) is 26.5 Å². The number of amides is 1. The largest absolute Gasteiger partial charge is 0.467 e. The minimum Gasteiger partial charge on any atom is -0.467 e. The van der Waals surface area contributed by atoms with Crippen molar-refractivity contribution in [3.05, 3.63) is 23.9 Å². The van der Waals surface area contributed by atoms with Crippen LogP contribution in [0, 0.1) is 0 Å². The van der Waals surface area contributed by atoms with E-state index >= 15 is 0 Å². The molecule has 0 aromatic carbocycles. The highest BCUT2D eigenvalue weighted by atomic mass is 16.6. The second kappa shape index (κ2) is 6.92. The van der Waals surface area contributed by atoms with Crippen LogP contribution >= 0.6 is 0 Å². The maximum absolute atomic E-state index is 11.8. The molecule has 0 saturated carbocycles. The van der Waals surface area contributed by atoms with Crippen molar-refractivity contribution in [1.82, 2.24) is 10.3 Å². The molecule has 1 aromatic heterocycles. The van der Waals surface area contributed by atoms with Gasteiger partial charge in [-0.3, -0.25) is 0 Å². The molecule has 0 aliphatic rings. The van der Waals surface area contributed by atoms with E-state index in [0.29, 0.717) is 11.5 Å². The van der Waals surface area contributed by atoms with E-state index in [1.54, 1.807) is 39.0 Å². The highest BCUT2D eigenvalue weighted by molar-refractivity contribution is 5.81. The molecule has 0 aliphatic carbocycles. The van der Waals surface area contributed by atoms with Gasteiger partial charge in [0.2, 0.25) is 0 Å². The molecule has 116 valence electrons. The zero-order valence-corrected chi connectivity index (χ0v) is 12.7. The SMILES string of the molecule is COC(=O)[C@H](Cc1cccc(N)n1)NC(=O)OC(C)(C)C. The van der Waals surface area contributed by atoms with Crippen molar-refractivity contribution in [1.29, 1.82) is 0 Å². The number of pyridine rings is 1. The summed E-state index contributed by atoms with van der Waals surface area (Å²) in [5.74, 6) is -0.238. The second-order valence-corrected chi connectivity index (χ2v) is 5.48. The van der Waals surface area contributed by atoms with Crippen LogP contribution in [0.15, 0.2) is 18.2 Å². The summed E-state index contributed by atoms with van der Waals surface area (Å²) in [5, 5.41) is 2.48. The van der Waals surface area contributed by atoms with Crippen molar-refractivity contribution in [2.24, 2.45) is 0 Å². The Balaban J connectivity index is 2.77. The molecule has 0 unspecified atom stereocenters. The number of nitrogens with two attached hydrogens (primary N) is 1. The summed E-state index contributed by atoms with van der Waals surface area (Å²) in [6.45, 7) is 5.21. The molecule has 1 aromatic rings. The zero-order chi connectivity index (χ0) is 16.0. The average Bonchev–Trinajstić information content (AvgIpc) is 2.34. The molecular weight excluding hydrogens is 274 g/mol. The van der Waals surface area contributed by atoms with Gasteiger partial charge >= 0.3 is 12.1 Å². The number of hydrogen-bond donors (Lipinski definition) is 2. The highest BCUT2D eigenvalue weighted by Gasteiger charge is 2.25. The smallest absolute Gasteiger partial charge is 0.408 e. The van der Waals surface area contributed by atoms with E-state index in [0.717, 1.165) is 0 Å². The average molecular weight is 295 g/mol. The second-order valence-electron chi connectivity index (χ2n) is 5.48. The molecule has 7 heteroatoms. The monoisotopic (exact) mass is 295 g/mol. The Hall–Kier alpha value is -2.31. The number of aromatic nitrogens is 1. The molecule has 21 heavy (non-hydrogen) atoms. The molecule has 0 saturated heterocycles. The molecule has 1 rings (SSSR count). The minimum atomic E-state index is -0.890. The highest BCUT2D eigenvalue weighted by Crippen LogP contribution is 2.09. The van der Waals surface area contributed by atoms with E-state index in [4.69, 9.17) is 10.5 Å². The standard InChI is InChI=1S/C14H21N3O4/c1-14(2,3)21-13(19)17-10(12(18)20-4)8-9-6-5-7-11(15)16-9/h5-7,10H,8H2,1-4H3,(H2,15,16)(H,17,19)/t10-/m0/s1. The van der Waals surface area contributed by atoms with Gasteiger partial charge in [0.1, 0.15) is 17.5 Å². The number of methoxy groups -OCH3 is 1. The first-order valence-electron chi connectivity index (χ1n) is 6.50. The number of esters is 1. The van der Waals surface area contributed by atoms with Gasteiger partial charge in [-0.2, -0.15) is 0 Å². The van der Waals surface area contributed by atoms with Crippen LogP contribution in [0.3, 0.4) is 0 Å². The fraction of sp³-hybridized carbons (Fsp3) is 0.500. The summed E-state index contributed by atoms with van der Waals surface area (Å²) in [4.78, 5) is 27.6. The molecular formula is C14H21N3O4. The fourth-order valence-electron chi connectivity index (χ4n) is 1.61. The van der Waals surface area contributed by atoms with Gasteiger partial charge in [-0.05, 0) is 32.9 Å². The van der Waals surface area contributed by atoms with Gasteiger partial charge in [0.25, 0.3) is 0 Å². The molecule has 1 atom stereocenters. The molecule has 0 aliphatic heterocycles. The van der Waals surface area contributed by atoms with Crippen LogP contribution in [-0.2, 0) is 20.7 Å². The number of nitrogen functional groups attached to an aromatic ring is 1. The van der Waals surface area contributed by atoms with Crippen LogP contribution in [0.4, 0.5) is 10.6 Å². The number of nitrogens with zero attached hydrogens (tertiary/aromatic N) is 1. The van der Waals surface area contributed by atoms with Gasteiger partial charge in [0.15, 0.2) is 0 Å². The minimum absolute atomic E-state index is 0.164. The number of anilines is 1. The Bertz CT molecular complexity index is 511. The lowest BCUT2D eigenvalue weighted by Crippen LogP contribution is -2.45. The van der Waals surface area contributed by atoms with Crippen molar-refractivity contribution in [3.8, 4) is 0 Å². The Morgan fingerprint density at radius 1 is 1.38 bits per heavy atom. The molecule has 1 amide bonds. The summed E-state index contributed by atoms with van der Waals surface area (Å²) in [6, 6.07) is 4.18. The van der Waals surface area contributed by atoms with Crippen molar-refractivity contribution >= 4 is 17.9 Å². The third kappa shape index (κ3) is 6.11. The lowest BCUT2D eigenvalue weighted by Gasteiger charge is -2.22. The van der Waals surface area contributed by atoms with Crippen molar-refractivity contribution in [2.45, 2.75) is 38.8 Å². The predicted molar refractivity (Wildman–Crippen MR) is 77.5 cm³/mol. The van der Waals surface area contributed by atoms with Crippen molar-refractivity contribution in [2.75, 3.05) is 12.8 Å². The molecule has 7 nitrogen and oxygen atoms in total. The van der Waals surface area contributed by atoms with Crippen LogP contribution < -0.4 is 11.1 Å². The first-order valence-corrected chi connectivity index (χ1v) is 6.50. The molecule has 1 heterocycles. The number of alkyl carbamates (subject to hydrolysis) is 1. The molecule has 0 radical (unpaired) electrons. The lowest BCUT2D eigenvalue weighted by atomic mass is 10.1. The first kappa shape index (κ1) is 16.7. The molecule has 0 bridgehead atoms. The van der Waals surface area contributed by atoms with Gasteiger partial charge in [-0.1, -0.05) is 6.07 Å². The van der Waals surface area contributed by atoms with Crippen molar-refractivity contribution < 1.29 is 19.1 Å². The number of carbonyl (C=O) groups excluding carboxylic acids is 2. The summed E-state index contributed by atoms with van der Waals surface area (Å²) >= 11 is 0. The Kier molecular flexibility index (Phi) is 5.52. The van der Waals surface area contributed by atoms with E-state index in [1.807, 2.05) is 0 Å². The van der Waals surface area contributed by atoms with E-state index in [-0.39, 0.29) is 6.42 Å². The van der Waals surface area contributed by atoms with Gasteiger partial charge in [0, 0.05) is 12.1 Å². The summed E-state index contributed by atoms with van der Waals surface area (Å²) in [6.07, 6.45) is -0.529. The van der Waals surface area contributed by atoms with Gasteiger partial charge in [0.05, 0.1) is 7.11 Å². The van der Waals surface area contributed by atoms with Crippen molar-refractivity contribution in [3.63, 3.8) is 0 Å². The van der Waals surface area contributed by atoms with E-state index < -0.39 is 23.7 Å². The van der Waals surface area contributed by atoms with Crippen LogP contribution in [0.25, 0.3) is 0 Å². The summed E-state index contributed by atoms with van der Waals surface area (Å²) < 4.78 is 9.80. The maximum Gasteiger partial charge on any atom is 0.408 e. The van der Waals surface area contributed by atoms with Gasteiger partial charge < -0.3 is 20.5 Å². The number of carbonyl (C=O) groups is 2. The number of ether oxygens (including phenoxy) is 2. The summed E-state index contributed by atoms with van der Waals surface area (Å²) in [7, 11) is 1.25. The van der Waals surface area contributed by atoms with Gasteiger partial charge in [-0.25, -0.2) is 14.6 Å². The first-order chi connectivity index (χ1) is 9.71. The van der Waals surface area contributed by atoms with E-state index in [9.17, 15) is 9.59 Å². The zero-order valence-electron chi connectivity index (χ0n) is 12.7. The number of hydrogen-bond acceptors (Lipinski definition) is 6. The predicted octanol–water partition coefficient (Wildman–Crippen LogP) is 1.27. The fourth-order valence-corrected chi connectivity index (χ4v) is 1.61. The number of rotatable bonds is 4. The molecule has 3 N–H and O–H groups in total. The van der Waals surface area contributed by atoms with Gasteiger partial charge in [-0.15, -0.1) is 0 Å². The Morgan fingerprint density at radius 2 is 2.05 bits per heavy atom. The van der Waals surface area contributed by atoms with E-state index in [1.165, 1.54) is 7.11 Å². The third-order valence-corrected chi connectivity index (χ3v) is 2.42. The maximum atomic E-state index is 11.8. The molecule has 0 fully saturated rings. The third-order valence-electron chi connectivity index (χ3n) is 2.42. The van der Waals surface area contributed by atoms with E-state index in [2.05, 4.69) is 15.0 Å². The Morgan fingerprint density at radius 3 is 2.57 bits per heavy atom. The van der Waals surface area contributed by atoms with Crippen LogP contribution in [-0.4, -0.2) is 35.8 Å². The summed E-state index contributed by atoms with van der Waals surface area (Å²) in [5.41, 5.74) is 5.51.